The summed E-state index contributed by atoms with van der Waals surface area (Å²) in [6.45, 7) is 3.67. The lowest BCUT2D eigenvalue weighted by molar-refractivity contribution is -0.137. The molecule has 0 aliphatic carbocycles. The molecule has 0 bridgehead atoms. The predicted octanol–water partition coefficient (Wildman–Crippen LogP) is 4.60. The first kappa shape index (κ1) is 15.2. The number of ether oxygens (including phenoxy) is 1. The van der Waals surface area contributed by atoms with Gasteiger partial charge in [-0.1, -0.05) is 30.3 Å². The lowest BCUT2D eigenvalue weighted by atomic mass is 9.98. The Morgan fingerprint density at radius 1 is 0.905 bits per heavy atom. The van der Waals surface area contributed by atoms with E-state index < -0.39 is 17.3 Å². The SMILES string of the molecule is CC(C)(Oc1ccc(C(F)(F)F)cc1N)c1ccccc1. The molecule has 0 amide bonds. The molecule has 0 radical (unpaired) electrons. The standard InChI is InChI=1S/C16H16F3NO/c1-15(2,11-6-4-3-5-7-11)21-14-9-8-12(10-13(14)20)16(17,18)19/h3-10H,20H2,1-2H3. The van der Waals surface area contributed by atoms with Gasteiger partial charge in [0.25, 0.3) is 0 Å². The molecule has 2 N–H and O–H groups in total. The molecular formula is C16H16F3NO. The van der Waals surface area contributed by atoms with Crippen molar-refractivity contribution in [3.8, 4) is 5.75 Å². The molecule has 21 heavy (non-hydrogen) atoms. The summed E-state index contributed by atoms with van der Waals surface area (Å²) in [6.07, 6.45) is -4.42. The van der Waals surface area contributed by atoms with E-state index in [-0.39, 0.29) is 11.4 Å². The molecule has 0 aromatic heterocycles. The number of hydrogen-bond acceptors (Lipinski definition) is 2. The topological polar surface area (TPSA) is 35.2 Å². The van der Waals surface area contributed by atoms with Gasteiger partial charge in [0.05, 0.1) is 11.3 Å². The average molecular weight is 295 g/mol. The first-order valence-electron chi connectivity index (χ1n) is 6.41. The van der Waals surface area contributed by atoms with Gasteiger partial charge in [-0.15, -0.1) is 0 Å². The summed E-state index contributed by atoms with van der Waals surface area (Å²) in [4.78, 5) is 0. The Morgan fingerprint density at radius 2 is 1.52 bits per heavy atom. The summed E-state index contributed by atoms with van der Waals surface area (Å²) in [5.41, 5.74) is 5.07. The molecule has 0 saturated carbocycles. The summed E-state index contributed by atoms with van der Waals surface area (Å²) in [5.74, 6) is 0.233. The van der Waals surface area contributed by atoms with E-state index in [2.05, 4.69) is 0 Å². The lowest BCUT2D eigenvalue weighted by Crippen LogP contribution is -2.25. The Kier molecular flexibility index (Phi) is 3.85. The van der Waals surface area contributed by atoms with Gasteiger partial charge in [0, 0.05) is 0 Å². The first-order valence-corrected chi connectivity index (χ1v) is 6.41. The molecule has 0 aliphatic heterocycles. The Balaban J connectivity index is 2.28. The Bertz CT molecular complexity index is 621. The molecule has 0 unspecified atom stereocenters. The van der Waals surface area contributed by atoms with Gasteiger partial charge in [-0.3, -0.25) is 0 Å². The van der Waals surface area contributed by atoms with Crippen LogP contribution in [0.3, 0.4) is 0 Å². The van der Waals surface area contributed by atoms with Crippen molar-refractivity contribution in [1.29, 1.82) is 0 Å². The number of alkyl halides is 3. The minimum Gasteiger partial charge on any atom is -0.481 e. The molecule has 0 spiro atoms. The van der Waals surface area contributed by atoms with Crippen LogP contribution in [0, 0.1) is 0 Å². The van der Waals surface area contributed by atoms with Crippen molar-refractivity contribution in [2.75, 3.05) is 5.73 Å². The van der Waals surface area contributed by atoms with Crippen molar-refractivity contribution < 1.29 is 17.9 Å². The number of nitrogen functional groups attached to an aromatic ring is 1. The van der Waals surface area contributed by atoms with Crippen molar-refractivity contribution in [3.63, 3.8) is 0 Å². The number of benzene rings is 2. The number of nitrogens with two attached hydrogens (primary N) is 1. The fourth-order valence-electron chi connectivity index (χ4n) is 1.99. The average Bonchev–Trinajstić information content (AvgIpc) is 2.41. The third kappa shape index (κ3) is 3.48. The molecule has 2 aromatic rings. The maximum absolute atomic E-state index is 12.6. The zero-order chi connectivity index (χ0) is 15.7. The van der Waals surface area contributed by atoms with E-state index in [1.165, 1.54) is 6.07 Å². The van der Waals surface area contributed by atoms with E-state index in [0.717, 1.165) is 17.7 Å². The summed E-state index contributed by atoms with van der Waals surface area (Å²) in [5, 5.41) is 0. The fourth-order valence-corrected chi connectivity index (χ4v) is 1.99. The minimum absolute atomic E-state index is 0.0335. The molecule has 2 rings (SSSR count). The fraction of sp³-hybridized carbons (Fsp3) is 0.250. The van der Waals surface area contributed by atoms with Crippen LogP contribution >= 0.6 is 0 Å². The normalized spacial score (nSPS) is 12.2. The molecule has 2 nitrogen and oxygen atoms in total. The highest BCUT2D eigenvalue weighted by molar-refractivity contribution is 5.55. The molecule has 0 fully saturated rings. The molecule has 2 aromatic carbocycles. The predicted molar refractivity (Wildman–Crippen MR) is 76.0 cm³/mol. The second-order valence-corrected chi connectivity index (χ2v) is 5.23. The van der Waals surface area contributed by atoms with Gasteiger partial charge in [-0.2, -0.15) is 13.2 Å². The van der Waals surface area contributed by atoms with Gasteiger partial charge in [-0.05, 0) is 37.6 Å². The third-order valence-electron chi connectivity index (χ3n) is 3.17. The number of anilines is 1. The minimum atomic E-state index is -4.42. The van der Waals surface area contributed by atoms with Gasteiger partial charge in [0.1, 0.15) is 11.4 Å². The van der Waals surface area contributed by atoms with E-state index in [1.807, 2.05) is 44.2 Å². The summed E-state index contributed by atoms with van der Waals surface area (Å²) in [6, 6.07) is 12.5. The number of hydrogen-bond donors (Lipinski definition) is 1. The van der Waals surface area contributed by atoms with Crippen LogP contribution in [0.25, 0.3) is 0 Å². The molecule has 0 heterocycles. The van der Waals surface area contributed by atoms with E-state index in [0.29, 0.717) is 0 Å². The van der Waals surface area contributed by atoms with E-state index in [4.69, 9.17) is 10.5 Å². The van der Waals surface area contributed by atoms with Crippen LogP contribution in [0.1, 0.15) is 25.0 Å². The van der Waals surface area contributed by atoms with Crippen molar-refractivity contribution >= 4 is 5.69 Å². The first-order chi connectivity index (χ1) is 9.70. The van der Waals surface area contributed by atoms with E-state index >= 15 is 0 Å². The van der Waals surface area contributed by atoms with Gasteiger partial charge in [-0.25, -0.2) is 0 Å². The quantitative estimate of drug-likeness (QED) is 0.840. The van der Waals surface area contributed by atoms with Crippen LogP contribution in [0.4, 0.5) is 18.9 Å². The van der Waals surface area contributed by atoms with E-state index in [9.17, 15) is 13.2 Å². The van der Waals surface area contributed by atoms with Crippen LogP contribution in [0.15, 0.2) is 48.5 Å². The summed E-state index contributed by atoms with van der Waals surface area (Å²) >= 11 is 0. The zero-order valence-electron chi connectivity index (χ0n) is 11.7. The molecular weight excluding hydrogens is 279 g/mol. The molecule has 0 aliphatic rings. The van der Waals surface area contributed by atoms with Crippen molar-refractivity contribution in [2.24, 2.45) is 0 Å². The van der Waals surface area contributed by atoms with Gasteiger partial charge >= 0.3 is 6.18 Å². The maximum atomic E-state index is 12.6. The molecule has 0 saturated heterocycles. The summed E-state index contributed by atoms with van der Waals surface area (Å²) < 4.78 is 43.6. The van der Waals surface area contributed by atoms with Crippen LogP contribution in [-0.4, -0.2) is 0 Å². The maximum Gasteiger partial charge on any atom is 0.416 e. The second kappa shape index (κ2) is 5.31. The number of rotatable bonds is 3. The highest BCUT2D eigenvalue weighted by atomic mass is 19.4. The van der Waals surface area contributed by atoms with Crippen molar-refractivity contribution in [1.82, 2.24) is 0 Å². The second-order valence-electron chi connectivity index (χ2n) is 5.23. The van der Waals surface area contributed by atoms with Crippen LogP contribution in [0.5, 0.6) is 5.75 Å². The Labute approximate surface area is 121 Å². The van der Waals surface area contributed by atoms with Crippen molar-refractivity contribution in [3.05, 3.63) is 59.7 Å². The number of halogens is 3. The van der Waals surface area contributed by atoms with Gasteiger partial charge in [0.15, 0.2) is 0 Å². The Hall–Kier alpha value is -2.17. The summed E-state index contributed by atoms with van der Waals surface area (Å²) in [7, 11) is 0. The molecule has 112 valence electrons. The lowest BCUT2D eigenvalue weighted by Gasteiger charge is -2.28. The van der Waals surface area contributed by atoms with Gasteiger partial charge in [0.2, 0.25) is 0 Å². The highest BCUT2D eigenvalue weighted by Crippen LogP contribution is 2.36. The smallest absolute Gasteiger partial charge is 0.416 e. The van der Waals surface area contributed by atoms with Gasteiger partial charge < -0.3 is 10.5 Å². The van der Waals surface area contributed by atoms with Crippen LogP contribution < -0.4 is 10.5 Å². The van der Waals surface area contributed by atoms with Crippen molar-refractivity contribution in [2.45, 2.75) is 25.6 Å². The molecule has 5 heteroatoms. The van der Waals surface area contributed by atoms with Crippen LogP contribution in [0.2, 0.25) is 0 Å². The zero-order valence-corrected chi connectivity index (χ0v) is 11.7. The highest BCUT2D eigenvalue weighted by Gasteiger charge is 2.31. The Morgan fingerprint density at radius 3 is 2.05 bits per heavy atom. The molecule has 0 atom stereocenters. The third-order valence-corrected chi connectivity index (χ3v) is 3.17. The van der Waals surface area contributed by atoms with Crippen LogP contribution in [-0.2, 0) is 11.8 Å². The largest absolute Gasteiger partial charge is 0.481 e. The van der Waals surface area contributed by atoms with E-state index in [1.54, 1.807) is 0 Å². The monoisotopic (exact) mass is 295 g/mol.